The molecule has 24 heavy (non-hydrogen) atoms. The number of aryl methyl sites for hydroxylation is 1. The van der Waals surface area contributed by atoms with Crippen LogP contribution in [-0.4, -0.2) is 26.4 Å². The third-order valence-corrected chi connectivity index (χ3v) is 10.1. The van der Waals surface area contributed by atoms with Crippen molar-refractivity contribution in [3.63, 3.8) is 0 Å². The van der Waals surface area contributed by atoms with Crippen LogP contribution in [0, 0.1) is 0 Å². The highest BCUT2D eigenvalue weighted by molar-refractivity contribution is 7.33. The maximum absolute atomic E-state index is 6.28. The normalized spacial score (nSPS) is 19.9. The minimum Gasteiger partial charge on any atom is -0.399 e. The van der Waals surface area contributed by atoms with E-state index in [2.05, 4.69) is 60.3 Å². The second-order valence-electron chi connectivity index (χ2n) is 9.15. The van der Waals surface area contributed by atoms with Gasteiger partial charge in [-0.1, -0.05) is 45.8 Å². The molecule has 1 aliphatic rings. The van der Waals surface area contributed by atoms with Crippen molar-refractivity contribution in [2.45, 2.75) is 97.6 Å². The summed E-state index contributed by atoms with van der Waals surface area (Å²) in [6.07, 6.45) is 6.48. The van der Waals surface area contributed by atoms with Crippen molar-refractivity contribution in [2.24, 2.45) is 0 Å². The van der Waals surface area contributed by atoms with Gasteiger partial charge in [0, 0.05) is 4.78 Å². The standard InChI is InChI=1S/C19H35BO2SSi/c1-9-10-11-12-13-15-14-16(23-17(15)24(6,7)8)20-21-18(2,3)19(4,5)22-20/h14H,9-13H2,1-8H3. The molecule has 0 saturated carbocycles. The fourth-order valence-corrected chi connectivity index (χ4v) is 6.75. The zero-order valence-electron chi connectivity index (χ0n) is 16.9. The van der Waals surface area contributed by atoms with Gasteiger partial charge in [-0.15, -0.1) is 0 Å². The molecule has 2 rings (SSSR count). The zero-order valence-corrected chi connectivity index (χ0v) is 18.7. The fourth-order valence-electron chi connectivity index (χ4n) is 3.09. The van der Waals surface area contributed by atoms with Gasteiger partial charge in [-0.2, -0.15) is 11.3 Å². The molecular weight excluding hydrogens is 331 g/mol. The molecule has 1 fully saturated rings. The van der Waals surface area contributed by atoms with Crippen molar-refractivity contribution in [3.05, 3.63) is 11.6 Å². The molecular formula is C19H35BO2SSi. The number of thiophene rings is 1. The third kappa shape index (κ3) is 4.35. The van der Waals surface area contributed by atoms with E-state index < -0.39 is 8.07 Å². The van der Waals surface area contributed by atoms with Crippen LogP contribution in [0.5, 0.6) is 0 Å². The van der Waals surface area contributed by atoms with Crippen molar-refractivity contribution < 1.29 is 9.31 Å². The van der Waals surface area contributed by atoms with E-state index in [9.17, 15) is 0 Å². The third-order valence-electron chi connectivity index (χ3n) is 5.29. The van der Waals surface area contributed by atoms with E-state index in [0.717, 1.165) is 0 Å². The molecule has 136 valence electrons. The first kappa shape index (κ1) is 20.2. The molecule has 1 saturated heterocycles. The van der Waals surface area contributed by atoms with Crippen molar-refractivity contribution >= 4 is 35.8 Å². The van der Waals surface area contributed by atoms with Crippen molar-refractivity contribution in [3.8, 4) is 0 Å². The average molecular weight is 366 g/mol. The summed E-state index contributed by atoms with van der Waals surface area (Å²) >= 11 is 1.94. The van der Waals surface area contributed by atoms with Crippen LogP contribution in [0.1, 0.15) is 65.9 Å². The number of hydrogen-bond acceptors (Lipinski definition) is 3. The second-order valence-corrected chi connectivity index (χ2v) is 15.6. The van der Waals surface area contributed by atoms with Gasteiger partial charge in [0.1, 0.15) is 0 Å². The topological polar surface area (TPSA) is 18.5 Å². The van der Waals surface area contributed by atoms with Gasteiger partial charge in [0.05, 0.1) is 19.3 Å². The maximum Gasteiger partial charge on any atom is 0.505 e. The monoisotopic (exact) mass is 366 g/mol. The van der Waals surface area contributed by atoms with Gasteiger partial charge in [-0.05, 0) is 56.7 Å². The molecule has 1 aromatic heterocycles. The highest BCUT2D eigenvalue weighted by Crippen LogP contribution is 2.37. The Hall–Kier alpha value is -0.0982. The summed E-state index contributed by atoms with van der Waals surface area (Å²) in [7, 11) is -1.55. The Bertz CT molecular complexity index is 544. The average Bonchev–Trinajstić information content (AvgIpc) is 2.94. The van der Waals surface area contributed by atoms with Crippen LogP contribution in [0.25, 0.3) is 0 Å². The first-order valence-electron chi connectivity index (χ1n) is 9.46. The lowest BCUT2D eigenvalue weighted by Crippen LogP contribution is -2.41. The van der Waals surface area contributed by atoms with E-state index in [0.29, 0.717) is 0 Å². The first-order chi connectivity index (χ1) is 11.0. The fraction of sp³-hybridized carbons (Fsp3) is 0.789. The zero-order chi connectivity index (χ0) is 18.2. The number of unbranched alkanes of at least 4 members (excludes halogenated alkanes) is 3. The predicted molar refractivity (Wildman–Crippen MR) is 111 cm³/mol. The summed E-state index contributed by atoms with van der Waals surface area (Å²) < 4.78 is 15.4. The Labute approximate surface area is 154 Å². The summed E-state index contributed by atoms with van der Waals surface area (Å²) in [5.41, 5.74) is 1.03. The Morgan fingerprint density at radius 3 is 2.08 bits per heavy atom. The molecule has 1 aliphatic heterocycles. The van der Waals surface area contributed by atoms with E-state index in [1.54, 1.807) is 10.1 Å². The van der Waals surface area contributed by atoms with E-state index in [1.165, 1.54) is 36.9 Å². The SMILES string of the molecule is CCCCCCc1cc(B2OC(C)(C)C(C)(C)O2)sc1[Si](C)(C)C. The lowest BCUT2D eigenvalue weighted by Gasteiger charge is -2.32. The van der Waals surface area contributed by atoms with Crippen LogP contribution in [0.4, 0.5) is 0 Å². The minimum atomic E-state index is -1.34. The molecule has 0 amide bonds. The van der Waals surface area contributed by atoms with Gasteiger partial charge >= 0.3 is 7.12 Å². The molecule has 0 aromatic carbocycles. The van der Waals surface area contributed by atoms with Gasteiger partial charge in [0.15, 0.2) is 0 Å². The van der Waals surface area contributed by atoms with Gasteiger partial charge in [0.2, 0.25) is 0 Å². The summed E-state index contributed by atoms with van der Waals surface area (Å²) in [4.78, 5) is 0. The van der Waals surface area contributed by atoms with Crippen LogP contribution in [0.2, 0.25) is 19.6 Å². The molecule has 5 heteroatoms. The lowest BCUT2D eigenvalue weighted by atomic mass is 9.87. The largest absolute Gasteiger partial charge is 0.505 e. The van der Waals surface area contributed by atoms with Crippen LogP contribution >= 0.6 is 11.3 Å². The molecule has 0 unspecified atom stereocenters. The van der Waals surface area contributed by atoms with E-state index in [-0.39, 0.29) is 18.3 Å². The van der Waals surface area contributed by atoms with Crippen molar-refractivity contribution in [2.75, 3.05) is 0 Å². The maximum atomic E-state index is 6.28. The second kappa shape index (κ2) is 7.26. The van der Waals surface area contributed by atoms with E-state index in [4.69, 9.17) is 9.31 Å². The van der Waals surface area contributed by atoms with Crippen LogP contribution < -0.4 is 9.28 Å². The number of hydrogen-bond donors (Lipinski definition) is 0. The van der Waals surface area contributed by atoms with Gasteiger partial charge in [0.25, 0.3) is 0 Å². The van der Waals surface area contributed by atoms with E-state index >= 15 is 0 Å². The molecule has 0 atom stereocenters. The quantitative estimate of drug-likeness (QED) is 0.514. The van der Waals surface area contributed by atoms with Gasteiger partial charge in [-0.25, -0.2) is 0 Å². The Kier molecular flexibility index (Phi) is 6.11. The van der Waals surface area contributed by atoms with Crippen LogP contribution in [0.15, 0.2) is 6.07 Å². The summed E-state index contributed by atoms with van der Waals surface area (Å²) in [6.45, 7) is 18.1. The Morgan fingerprint density at radius 1 is 1.00 bits per heavy atom. The Balaban J connectivity index is 2.21. The van der Waals surface area contributed by atoms with Gasteiger partial charge in [-0.3, -0.25) is 0 Å². The highest BCUT2D eigenvalue weighted by Gasteiger charge is 2.52. The molecule has 0 spiro atoms. The highest BCUT2D eigenvalue weighted by atomic mass is 32.1. The molecule has 0 bridgehead atoms. The molecule has 1 aromatic rings. The number of rotatable bonds is 7. The van der Waals surface area contributed by atoms with Crippen molar-refractivity contribution in [1.29, 1.82) is 0 Å². The molecule has 0 aliphatic carbocycles. The molecule has 2 heterocycles. The summed E-state index contributed by atoms with van der Waals surface area (Å²) in [5, 5.41) is 0. The lowest BCUT2D eigenvalue weighted by molar-refractivity contribution is 0.00578. The molecule has 0 radical (unpaired) electrons. The minimum absolute atomic E-state index is 0.209. The summed E-state index contributed by atoms with van der Waals surface area (Å²) in [5.74, 6) is 0. The first-order valence-corrected chi connectivity index (χ1v) is 13.8. The molecule has 2 nitrogen and oxygen atoms in total. The van der Waals surface area contributed by atoms with Crippen molar-refractivity contribution in [1.82, 2.24) is 0 Å². The van der Waals surface area contributed by atoms with Crippen LogP contribution in [0.3, 0.4) is 0 Å². The van der Waals surface area contributed by atoms with E-state index in [1.807, 2.05) is 11.3 Å². The molecule has 0 N–H and O–H groups in total. The predicted octanol–water partition coefficient (Wildman–Crippen LogP) is 4.72. The van der Waals surface area contributed by atoms with Crippen LogP contribution in [-0.2, 0) is 15.7 Å². The smallest absolute Gasteiger partial charge is 0.399 e. The van der Waals surface area contributed by atoms with Gasteiger partial charge < -0.3 is 9.31 Å². The Morgan fingerprint density at radius 2 is 1.58 bits per heavy atom. The summed E-state index contributed by atoms with van der Waals surface area (Å²) in [6, 6.07) is 2.38.